The first-order valence-corrected chi connectivity index (χ1v) is 6.60. The Kier molecular flexibility index (Phi) is 4.35. The molecule has 96 valence electrons. The Balaban J connectivity index is 2.05. The van der Waals surface area contributed by atoms with E-state index < -0.39 is 0 Å². The van der Waals surface area contributed by atoms with Crippen molar-refractivity contribution in [3.05, 3.63) is 35.4 Å². The van der Waals surface area contributed by atoms with Crippen LogP contribution in [0.3, 0.4) is 0 Å². The Morgan fingerprint density at radius 3 is 3.00 bits per heavy atom. The van der Waals surface area contributed by atoms with Crippen molar-refractivity contribution in [3.8, 4) is 6.07 Å². The lowest BCUT2D eigenvalue weighted by molar-refractivity contribution is 0.194. The van der Waals surface area contributed by atoms with Gasteiger partial charge in [0.15, 0.2) is 0 Å². The van der Waals surface area contributed by atoms with Crippen LogP contribution in [-0.4, -0.2) is 42.5 Å². The maximum Gasteiger partial charge on any atom is 0.0991 e. The van der Waals surface area contributed by atoms with E-state index in [1.54, 1.807) is 0 Å². The van der Waals surface area contributed by atoms with E-state index in [9.17, 15) is 0 Å². The Labute approximate surface area is 110 Å². The van der Waals surface area contributed by atoms with Gasteiger partial charge in [0.2, 0.25) is 0 Å². The summed E-state index contributed by atoms with van der Waals surface area (Å²) in [6, 6.07) is 10.7. The van der Waals surface area contributed by atoms with E-state index in [2.05, 4.69) is 35.9 Å². The van der Waals surface area contributed by atoms with Crippen molar-refractivity contribution >= 4 is 0 Å². The smallest absolute Gasteiger partial charge is 0.0991 e. The van der Waals surface area contributed by atoms with Crippen LogP contribution in [0.15, 0.2) is 24.3 Å². The zero-order valence-electron chi connectivity index (χ0n) is 11.3. The minimum atomic E-state index is 0.572. The van der Waals surface area contributed by atoms with Crippen LogP contribution in [0.5, 0.6) is 0 Å². The van der Waals surface area contributed by atoms with Gasteiger partial charge in [0.25, 0.3) is 0 Å². The quantitative estimate of drug-likeness (QED) is 0.796. The Bertz CT molecular complexity index is 436. The molecule has 0 aliphatic carbocycles. The lowest BCUT2D eigenvalue weighted by Crippen LogP contribution is -2.37. The summed E-state index contributed by atoms with van der Waals surface area (Å²) in [4.78, 5) is 4.91. The number of rotatable bonds is 2. The highest BCUT2D eigenvalue weighted by Crippen LogP contribution is 2.14. The predicted octanol–water partition coefficient (Wildman–Crippen LogP) is 2.08. The van der Waals surface area contributed by atoms with E-state index in [-0.39, 0.29) is 0 Å². The molecule has 1 saturated heterocycles. The molecule has 0 aromatic heterocycles. The van der Waals surface area contributed by atoms with Crippen molar-refractivity contribution in [1.29, 1.82) is 5.26 Å². The molecule has 1 atom stereocenters. The van der Waals surface area contributed by atoms with Gasteiger partial charge in [0.1, 0.15) is 0 Å². The molecule has 3 nitrogen and oxygen atoms in total. The average molecular weight is 243 g/mol. The Morgan fingerprint density at radius 1 is 1.39 bits per heavy atom. The molecule has 1 aliphatic rings. The number of benzene rings is 1. The summed E-state index contributed by atoms with van der Waals surface area (Å²) in [5.74, 6) is 0. The maximum atomic E-state index is 8.93. The number of nitrogens with zero attached hydrogens (tertiary/aromatic N) is 3. The molecular formula is C15H21N3. The number of nitriles is 1. The van der Waals surface area contributed by atoms with Gasteiger partial charge >= 0.3 is 0 Å². The molecule has 1 unspecified atom stereocenters. The van der Waals surface area contributed by atoms with Gasteiger partial charge in [0.05, 0.1) is 11.6 Å². The molecule has 0 bridgehead atoms. The van der Waals surface area contributed by atoms with Crippen molar-refractivity contribution in [2.45, 2.75) is 25.9 Å². The molecule has 0 radical (unpaired) electrons. The zero-order valence-corrected chi connectivity index (χ0v) is 11.3. The highest BCUT2D eigenvalue weighted by Gasteiger charge is 2.19. The lowest BCUT2D eigenvalue weighted by Gasteiger charge is -2.27. The van der Waals surface area contributed by atoms with Gasteiger partial charge in [-0.15, -0.1) is 0 Å². The number of hydrogen-bond acceptors (Lipinski definition) is 3. The predicted molar refractivity (Wildman–Crippen MR) is 73.1 cm³/mol. The molecule has 1 heterocycles. The van der Waals surface area contributed by atoms with Crippen molar-refractivity contribution in [1.82, 2.24) is 9.80 Å². The fraction of sp³-hybridized carbons (Fsp3) is 0.533. The van der Waals surface area contributed by atoms with Gasteiger partial charge in [-0.3, -0.25) is 4.90 Å². The van der Waals surface area contributed by atoms with Crippen molar-refractivity contribution < 1.29 is 0 Å². The third kappa shape index (κ3) is 3.32. The Morgan fingerprint density at radius 2 is 2.22 bits per heavy atom. The highest BCUT2D eigenvalue weighted by molar-refractivity contribution is 5.32. The van der Waals surface area contributed by atoms with Crippen LogP contribution in [0.4, 0.5) is 0 Å². The monoisotopic (exact) mass is 243 g/mol. The van der Waals surface area contributed by atoms with Crippen LogP contribution in [0.1, 0.15) is 24.5 Å². The van der Waals surface area contributed by atoms with Gasteiger partial charge in [-0.25, -0.2) is 0 Å². The summed E-state index contributed by atoms with van der Waals surface area (Å²) in [6.45, 7) is 6.68. The number of likely N-dealkylation sites (N-methyl/N-ethyl adjacent to an activating group) is 1. The SMILES string of the molecule is CC1CN(C)CCCN1Cc1cccc(C#N)c1. The van der Waals surface area contributed by atoms with E-state index in [1.165, 1.54) is 18.5 Å². The molecule has 3 heteroatoms. The largest absolute Gasteiger partial charge is 0.305 e. The maximum absolute atomic E-state index is 8.93. The molecule has 0 N–H and O–H groups in total. The molecule has 1 aromatic carbocycles. The highest BCUT2D eigenvalue weighted by atomic mass is 15.2. The second-order valence-electron chi connectivity index (χ2n) is 5.25. The first kappa shape index (κ1) is 13.1. The second-order valence-corrected chi connectivity index (χ2v) is 5.25. The van der Waals surface area contributed by atoms with Gasteiger partial charge < -0.3 is 4.90 Å². The molecule has 1 aromatic rings. The van der Waals surface area contributed by atoms with Crippen LogP contribution in [-0.2, 0) is 6.54 Å². The minimum absolute atomic E-state index is 0.572. The third-order valence-electron chi connectivity index (χ3n) is 3.63. The molecule has 18 heavy (non-hydrogen) atoms. The second kappa shape index (κ2) is 5.99. The van der Waals surface area contributed by atoms with E-state index in [0.29, 0.717) is 6.04 Å². The third-order valence-corrected chi connectivity index (χ3v) is 3.63. The summed E-state index contributed by atoms with van der Waals surface area (Å²) in [5.41, 5.74) is 2.00. The number of hydrogen-bond donors (Lipinski definition) is 0. The summed E-state index contributed by atoms with van der Waals surface area (Å²) < 4.78 is 0. The lowest BCUT2D eigenvalue weighted by atomic mass is 10.1. The van der Waals surface area contributed by atoms with E-state index >= 15 is 0 Å². The van der Waals surface area contributed by atoms with Crippen molar-refractivity contribution in [3.63, 3.8) is 0 Å². The van der Waals surface area contributed by atoms with Crippen LogP contribution in [0.2, 0.25) is 0 Å². The minimum Gasteiger partial charge on any atom is -0.305 e. The first-order chi connectivity index (χ1) is 8.69. The van der Waals surface area contributed by atoms with Crippen LogP contribution >= 0.6 is 0 Å². The topological polar surface area (TPSA) is 30.3 Å². The molecule has 1 aliphatic heterocycles. The average Bonchev–Trinajstić information content (AvgIpc) is 2.52. The fourth-order valence-corrected chi connectivity index (χ4v) is 2.63. The molecular weight excluding hydrogens is 222 g/mol. The summed E-state index contributed by atoms with van der Waals surface area (Å²) >= 11 is 0. The van der Waals surface area contributed by atoms with Crippen molar-refractivity contribution in [2.24, 2.45) is 0 Å². The summed E-state index contributed by atoms with van der Waals surface area (Å²) in [5, 5.41) is 8.93. The fourth-order valence-electron chi connectivity index (χ4n) is 2.63. The van der Waals surface area contributed by atoms with Crippen LogP contribution in [0.25, 0.3) is 0 Å². The molecule has 0 saturated carbocycles. The zero-order chi connectivity index (χ0) is 13.0. The summed E-state index contributed by atoms with van der Waals surface area (Å²) in [6.07, 6.45) is 1.22. The Hall–Kier alpha value is -1.37. The molecule has 1 fully saturated rings. The molecule has 2 rings (SSSR count). The standard InChI is InChI=1S/C15H21N3/c1-13-11-17(2)7-4-8-18(13)12-15-6-3-5-14(9-15)10-16/h3,5-6,9,13H,4,7-8,11-12H2,1-2H3. The van der Waals surface area contributed by atoms with Crippen LogP contribution < -0.4 is 0 Å². The van der Waals surface area contributed by atoms with Gasteiger partial charge in [0, 0.05) is 25.7 Å². The van der Waals surface area contributed by atoms with E-state index in [1.807, 2.05) is 18.2 Å². The van der Waals surface area contributed by atoms with Gasteiger partial charge in [-0.2, -0.15) is 5.26 Å². The molecule has 0 spiro atoms. The summed E-state index contributed by atoms with van der Waals surface area (Å²) in [7, 11) is 2.19. The van der Waals surface area contributed by atoms with Gasteiger partial charge in [-0.05, 0) is 44.6 Å². The first-order valence-electron chi connectivity index (χ1n) is 6.60. The van der Waals surface area contributed by atoms with Crippen LogP contribution in [0, 0.1) is 11.3 Å². The normalized spacial score (nSPS) is 22.4. The van der Waals surface area contributed by atoms with E-state index in [0.717, 1.165) is 25.2 Å². The molecule has 0 amide bonds. The van der Waals surface area contributed by atoms with E-state index in [4.69, 9.17) is 5.26 Å². The van der Waals surface area contributed by atoms with Gasteiger partial charge in [-0.1, -0.05) is 12.1 Å². The van der Waals surface area contributed by atoms with Crippen molar-refractivity contribution in [2.75, 3.05) is 26.7 Å².